The summed E-state index contributed by atoms with van der Waals surface area (Å²) in [4.78, 5) is 10.7. The molecule has 0 atom stereocenters. The van der Waals surface area contributed by atoms with Crippen molar-refractivity contribution in [2.45, 2.75) is 6.61 Å². The molecule has 0 radical (unpaired) electrons. The molecule has 0 spiro atoms. The van der Waals surface area contributed by atoms with Crippen molar-refractivity contribution in [1.29, 1.82) is 0 Å². The summed E-state index contributed by atoms with van der Waals surface area (Å²) in [7, 11) is 0. The minimum Gasteiger partial charge on any atom is -0.392 e. The van der Waals surface area contributed by atoms with Gasteiger partial charge in [0, 0.05) is 11.8 Å². The highest BCUT2D eigenvalue weighted by Gasteiger charge is 2.06. The molecule has 0 saturated carbocycles. The van der Waals surface area contributed by atoms with Crippen LogP contribution in [0.4, 0.5) is 0 Å². The van der Waals surface area contributed by atoms with Gasteiger partial charge in [-0.1, -0.05) is 11.6 Å². The van der Waals surface area contributed by atoms with E-state index in [0.717, 1.165) is 0 Å². The Morgan fingerprint density at radius 2 is 2.33 bits per heavy atom. The number of halogens is 1. The van der Waals surface area contributed by atoms with Gasteiger partial charge in [-0.05, 0) is 0 Å². The van der Waals surface area contributed by atoms with E-state index in [2.05, 4.69) is 15.0 Å². The smallest absolute Gasteiger partial charge is 0.154 e. The van der Waals surface area contributed by atoms with Crippen LogP contribution in [0.3, 0.4) is 0 Å². The highest BCUT2D eigenvalue weighted by atomic mass is 35.5. The molecular weight excluding hydrogens is 178 g/mol. The largest absolute Gasteiger partial charge is 0.392 e. The molecule has 0 saturated heterocycles. The fourth-order valence-corrected chi connectivity index (χ4v) is 1.26. The van der Waals surface area contributed by atoms with E-state index in [1.807, 2.05) is 0 Å². The molecule has 0 bridgehead atoms. The molecule has 0 fully saturated rings. The molecule has 2 N–H and O–H groups in total. The molecular formula is C7H6ClN3O. The van der Waals surface area contributed by atoms with Gasteiger partial charge in [0.25, 0.3) is 0 Å². The third-order valence-corrected chi connectivity index (χ3v) is 1.94. The van der Waals surface area contributed by atoms with Crippen LogP contribution in [0.25, 0.3) is 11.0 Å². The van der Waals surface area contributed by atoms with Gasteiger partial charge < -0.3 is 10.1 Å². The van der Waals surface area contributed by atoms with E-state index in [1.54, 1.807) is 0 Å². The molecule has 0 amide bonds. The standard InChI is InChI=1S/C7H6ClN3O/c8-7-6-5(10-3-11-6)4(2-12)1-9-7/h1,3,12H,2H2,(H,10,11). The lowest BCUT2D eigenvalue weighted by molar-refractivity contribution is 0.282. The fourth-order valence-electron chi connectivity index (χ4n) is 1.07. The van der Waals surface area contributed by atoms with Crippen LogP contribution in [0.5, 0.6) is 0 Å². The number of fused-ring (bicyclic) bond motifs is 1. The van der Waals surface area contributed by atoms with Crippen LogP contribution in [0.15, 0.2) is 12.5 Å². The second-order valence-electron chi connectivity index (χ2n) is 2.36. The number of aromatic nitrogens is 3. The van der Waals surface area contributed by atoms with Crippen LogP contribution in [0, 0.1) is 0 Å². The number of hydrogen-bond acceptors (Lipinski definition) is 3. The zero-order valence-corrected chi connectivity index (χ0v) is 6.84. The molecule has 2 aromatic rings. The second kappa shape index (κ2) is 2.73. The Hall–Kier alpha value is -1.13. The van der Waals surface area contributed by atoms with Gasteiger partial charge in [-0.3, -0.25) is 0 Å². The third kappa shape index (κ3) is 0.964. The second-order valence-corrected chi connectivity index (χ2v) is 2.72. The van der Waals surface area contributed by atoms with Gasteiger partial charge in [-0.15, -0.1) is 0 Å². The number of imidazole rings is 1. The van der Waals surface area contributed by atoms with E-state index in [1.165, 1.54) is 12.5 Å². The zero-order chi connectivity index (χ0) is 8.55. The van der Waals surface area contributed by atoms with Crippen LogP contribution in [0.2, 0.25) is 5.15 Å². The molecule has 0 aliphatic heterocycles. The van der Waals surface area contributed by atoms with Crippen molar-refractivity contribution in [2.75, 3.05) is 0 Å². The first-order chi connectivity index (χ1) is 5.83. The number of aromatic amines is 1. The van der Waals surface area contributed by atoms with Crippen LogP contribution in [-0.4, -0.2) is 20.1 Å². The van der Waals surface area contributed by atoms with Gasteiger partial charge in [0.2, 0.25) is 0 Å². The maximum absolute atomic E-state index is 8.91. The molecule has 62 valence electrons. The van der Waals surface area contributed by atoms with Crippen LogP contribution in [0.1, 0.15) is 5.56 Å². The summed E-state index contributed by atoms with van der Waals surface area (Å²) >= 11 is 5.76. The monoisotopic (exact) mass is 183 g/mol. The van der Waals surface area contributed by atoms with Gasteiger partial charge >= 0.3 is 0 Å². The summed E-state index contributed by atoms with van der Waals surface area (Å²) in [5.74, 6) is 0. The summed E-state index contributed by atoms with van der Waals surface area (Å²) in [6.07, 6.45) is 3.04. The summed E-state index contributed by atoms with van der Waals surface area (Å²) < 4.78 is 0. The predicted octanol–water partition coefficient (Wildman–Crippen LogP) is 1.10. The third-order valence-electron chi connectivity index (χ3n) is 1.65. The molecule has 2 rings (SSSR count). The number of H-pyrrole nitrogens is 1. The Balaban J connectivity index is 2.82. The molecule has 12 heavy (non-hydrogen) atoms. The van der Waals surface area contributed by atoms with Crippen molar-refractivity contribution >= 4 is 22.6 Å². The number of hydrogen-bond donors (Lipinski definition) is 2. The quantitative estimate of drug-likeness (QED) is 0.651. The fraction of sp³-hybridized carbons (Fsp3) is 0.143. The Morgan fingerprint density at radius 1 is 1.50 bits per heavy atom. The summed E-state index contributed by atoms with van der Waals surface area (Å²) in [6, 6.07) is 0. The lowest BCUT2D eigenvalue weighted by Gasteiger charge is -1.97. The number of pyridine rings is 1. The summed E-state index contributed by atoms with van der Waals surface area (Å²) in [5, 5.41) is 9.28. The summed E-state index contributed by atoms with van der Waals surface area (Å²) in [5.41, 5.74) is 2.02. The average Bonchev–Trinajstić information content (AvgIpc) is 2.54. The van der Waals surface area contributed by atoms with E-state index < -0.39 is 0 Å². The van der Waals surface area contributed by atoms with Gasteiger partial charge in [-0.25, -0.2) is 9.97 Å². The van der Waals surface area contributed by atoms with E-state index in [-0.39, 0.29) is 6.61 Å². The van der Waals surface area contributed by atoms with Crippen molar-refractivity contribution in [3.05, 3.63) is 23.2 Å². The van der Waals surface area contributed by atoms with Crippen molar-refractivity contribution < 1.29 is 5.11 Å². The van der Waals surface area contributed by atoms with E-state index in [9.17, 15) is 0 Å². The SMILES string of the molecule is OCc1cnc(Cl)c2[nH]cnc12. The molecule has 0 aliphatic carbocycles. The number of nitrogens with zero attached hydrogens (tertiary/aromatic N) is 2. The molecule has 2 heterocycles. The van der Waals surface area contributed by atoms with Crippen molar-refractivity contribution in [3.63, 3.8) is 0 Å². The number of aliphatic hydroxyl groups excluding tert-OH is 1. The van der Waals surface area contributed by atoms with Crippen LogP contribution < -0.4 is 0 Å². The first kappa shape index (κ1) is 7.52. The van der Waals surface area contributed by atoms with E-state index in [4.69, 9.17) is 16.7 Å². The van der Waals surface area contributed by atoms with Gasteiger partial charge in [-0.2, -0.15) is 0 Å². The van der Waals surface area contributed by atoms with Crippen molar-refractivity contribution in [3.8, 4) is 0 Å². The number of nitrogens with one attached hydrogen (secondary N) is 1. The van der Waals surface area contributed by atoms with Crippen molar-refractivity contribution in [2.24, 2.45) is 0 Å². The lowest BCUT2D eigenvalue weighted by Crippen LogP contribution is -1.88. The molecule has 0 unspecified atom stereocenters. The topological polar surface area (TPSA) is 61.8 Å². The Kier molecular flexibility index (Phi) is 1.71. The minimum atomic E-state index is -0.0779. The van der Waals surface area contributed by atoms with Gasteiger partial charge in [0.15, 0.2) is 5.15 Å². The Bertz CT molecular complexity index is 412. The zero-order valence-electron chi connectivity index (χ0n) is 6.08. The lowest BCUT2D eigenvalue weighted by atomic mass is 10.2. The van der Waals surface area contributed by atoms with Gasteiger partial charge in [0.1, 0.15) is 5.52 Å². The molecule has 4 nitrogen and oxygen atoms in total. The molecule has 0 aromatic carbocycles. The first-order valence-electron chi connectivity index (χ1n) is 3.40. The molecule has 5 heteroatoms. The number of aliphatic hydroxyl groups is 1. The van der Waals surface area contributed by atoms with Crippen LogP contribution in [-0.2, 0) is 6.61 Å². The maximum atomic E-state index is 8.91. The van der Waals surface area contributed by atoms with E-state index in [0.29, 0.717) is 21.7 Å². The number of rotatable bonds is 1. The first-order valence-corrected chi connectivity index (χ1v) is 3.78. The van der Waals surface area contributed by atoms with E-state index >= 15 is 0 Å². The van der Waals surface area contributed by atoms with Crippen LogP contribution >= 0.6 is 11.6 Å². The highest BCUT2D eigenvalue weighted by Crippen LogP contribution is 2.20. The average molecular weight is 184 g/mol. The maximum Gasteiger partial charge on any atom is 0.154 e. The Morgan fingerprint density at radius 3 is 3.08 bits per heavy atom. The Labute approximate surface area is 73.2 Å². The highest BCUT2D eigenvalue weighted by molar-refractivity contribution is 6.33. The normalized spacial score (nSPS) is 10.8. The minimum absolute atomic E-state index is 0.0779. The predicted molar refractivity (Wildman–Crippen MR) is 44.8 cm³/mol. The molecule has 0 aliphatic rings. The summed E-state index contributed by atoms with van der Waals surface area (Å²) in [6.45, 7) is -0.0779. The molecule has 2 aromatic heterocycles. The van der Waals surface area contributed by atoms with Crippen molar-refractivity contribution in [1.82, 2.24) is 15.0 Å². The van der Waals surface area contributed by atoms with Gasteiger partial charge in [0.05, 0.1) is 18.5 Å².